The van der Waals surface area contributed by atoms with E-state index in [4.69, 9.17) is 9.96 Å². The Bertz CT molecular complexity index is 1950. The van der Waals surface area contributed by atoms with Gasteiger partial charge in [0.15, 0.2) is 0 Å². The maximum Gasteiger partial charge on any atom is 4.00 e. The van der Waals surface area contributed by atoms with Crippen LogP contribution in [0, 0.1) is 18.5 Å². The molecule has 1 aliphatic rings. The summed E-state index contributed by atoms with van der Waals surface area (Å²) < 4.78 is 12.4. The van der Waals surface area contributed by atoms with Gasteiger partial charge in [0.25, 0.3) is 6.98 Å². The quantitative estimate of drug-likeness (QED) is 0.105. The Balaban J connectivity index is 0.00000316. The molecule has 0 unspecified atom stereocenters. The Kier molecular flexibility index (Phi) is 7.42. The predicted octanol–water partition coefficient (Wildman–Crippen LogP) is 7.30. The first kappa shape index (κ1) is 27.9. The van der Waals surface area contributed by atoms with Crippen molar-refractivity contribution in [3.05, 3.63) is 151 Å². The number of hydrogen-bond donors (Lipinski definition) is 0. The van der Waals surface area contributed by atoms with Gasteiger partial charge >= 0.3 is 21.1 Å². The Labute approximate surface area is 261 Å². The van der Waals surface area contributed by atoms with Crippen LogP contribution in [0.3, 0.4) is 0 Å². The van der Waals surface area contributed by atoms with Gasteiger partial charge in [0.05, 0.1) is 5.69 Å². The summed E-state index contributed by atoms with van der Waals surface area (Å²) >= 11 is 0. The van der Waals surface area contributed by atoms with Crippen molar-refractivity contribution < 1.29 is 30.4 Å². The van der Waals surface area contributed by atoms with Gasteiger partial charge in [-0.1, -0.05) is 92.6 Å². The van der Waals surface area contributed by atoms with Crippen LogP contribution in [0.15, 0.2) is 121 Å². The topological polar surface area (TPSA) is 37.1 Å². The van der Waals surface area contributed by atoms with Crippen molar-refractivity contribution in [2.45, 2.75) is 26.2 Å². The molecular weight excluding hydrogens is 698 g/mol. The fourth-order valence-corrected chi connectivity index (χ4v) is 5.22. The number of rotatable bonds is 5. The first-order valence-corrected chi connectivity index (χ1v) is 13.8. The number of aromatic nitrogens is 3. The van der Waals surface area contributed by atoms with Crippen LogP contribution in [0.25, 0.3) is 38.4 Å². The summed E-state index contributed by atoms with van der Waals surface area (Å²) in [5.74, 6) is 3.14. The van der Waals surface area contributed by atoms with Gasteiger partial charge in [-0.25, -0.2) is 0 Å². The number of benzene rings is 4. The standard InChI is InChI=1S/C35H28BN4O.Pt/c1-35(2,3)26-11-9-14-28(23-26)40-32-16-8-7-15-30(32)31-19-18-29(24-33(31)40)41-34-17-10-20-36(37-34)39-22-21-38(25-39)27-12-5-4-6-13-27;/h4-13,15-23H,1-3H3;/q-3;+4. The number of nitrogens with zero attached hydrogens (tertiary/aromatic N) is 4. The molecule has 7 heteroatoms. The molecule has 0 bridgehead atoms. The zero-order chi connectivity index (χ0) is 28.0. The van der Waals surface area contributed by atoms with Gasteiger partial charge in [-0.2, -0.15) is 29.8 Å². The predicted molar refractivity (Wildman–Crippen MR) is 164 cm³/mol. The van der Waals surface area contributed by atoms with Gasteiger partial charge in [0, 0.05) is 23.3 Å². The van der Waals surface area contributed by atoms with Gasteiger partial charge < -0.3 is 23.6 Å². The molecule has 0 saturated heterocycles. The molecule has 206 valence electrons. The van der Waals surface area contributed by atoms with Crippen LogP contribution >= 0.6 is 0 Å². The van der Waals surface area contributed by atoms with Crippen LogP contribution < -0.4 is 9.30 Å². The summed E-state index contributed by atoms with van der Waals surface area (Å²) in [4.78, 5) is 0. The Morgan fingerprint density at radius 2 is 1.74 bits per heavy atom. The number of imidazole rings is 1. The van der Waals surface area contributed by atoms with E-state index in [-0.39, 0.29) is 33.5 Å². The van der Waals surface area contributed by atoms with Crippen LogP contribution in [0.1, 0.15) is 26.3 Å². The van der Waals surface area contributed by atoms with Crippen molar-refractivity contribution in [2.75, 3.05) is 0 Å². The van der Waals surface area contributed by atoms with E-state index < -0.39 is 0 Å². The second-order valence-electron chi connectivity index (χ2n) is 11.2. The molecule has 4 aromatic carbocycles. The molecule has 3 heterocycles. The summed E-state index contributed by atoms with van der Waals surface area (Å²) in [5.41, 5.74) is 5.36. The summed E-state index contributed by atoms with van der Waals surface area (Å²) in [5, 5.41) is 7.11. The molecule has 1 aliphatic heterocycles. The van der Waals surface area contributed by atoms with Crippen molar-refractivity contribution in [1.82, 2.24) is 9.05 Å². The average molecular weight is 727 g/mol. The van der Waals surface area contributed by atoms with Crippen LogP contribution in [0.5, 0.6) is 5.75 Å². The third-order valence-corrected chi connectivity index (χ3v) is 7.37. The first-order valence-electron chi connectivity index (χ1n) is 13.8. The van der Waals surface area contributed by atoms with Crippen molar-refractivity contribution in [3.8, 4) is 17.1 Å². The minimum Gasteiger partial charge on any atom is -0.633 e. The Morgan fingerprint density at radius 3 is 2.57 bits per heavy atom. The molecule has 42 heavy (non-hydrogen) atoms. The van der Waals surface area contributed by atoms with E-state index >= 15 is 0 Å². The Morgan fingerprint density at radius 1 is 0.929 bits per heavy atom. The zero-order valence-electron chi connectivity index (χ0n) is 23.6. The average Bonchev–Trinajstić information content (AvgIpc) is 3.61. The molecule has 2 aromatic heterocycles. The van der Waals surface area contributed by atoms with Crippen LogP contribution in [-0.4, -0.2) is 16.0 Å². The zero-order valence-corrected chi connectivity index (χ0v) is 25.8. The number of ether oxygens (including phenoxy) is 1. The van der Waals surface area contributed by atoms with Gasteiger partial charge in [-0.15, -0.1) is 23.6 Å². The van der Waals surface area contributed by atoms with E-state index in [2.05, 4.69) is 86.3 Å². The van der Waals surface area contributed by atoms with Gasteiger partial charge in [0.2, 0.25) is 6.33 Å². The molecule has 0 aliphatic carbocycles. The normalized spacial score (nSPS) is 13.1. The largest absolute Gasteiger partial charge is 4.00 e. The van der Waals surface area contributed by atoms with E-state index in [1.165, 1.54) is 10.9 Å². The molecule has 0 N–H and O–H groups in total. The van der Waals surface area contributed by atoms with E-state index in [0.29, 0.717) is 11.6 Å². The number of para-hydroxylation sites is 2. The molecule has 6 aromatic rings. The van der Waals surface area contributed by atoms with Gasteiger partial charge in [0.1, 0.15) is 0 Å². The molecule has 0 atom stereocenters. The summed E-state index contributed by atoms with van der Waals surface area (Å²) in [6.07, 6.45) is 11.1. The van der Waals surface area contributed by atoms with Crippen molar-refractivity contribution in [3.63, 3.8) is 0 Å². The second kappa shape index (κ2) is 11.2. The summed E-state index contributed by atoms with van der Waals surface area (Å²) in [6.45, 7) is 6.42. The van der Waals surface area contributed by atoms with Crippen LogP contribution in [0.2, 0.25) is 0 Å². The molecule has 5 nitrogen and oxygen atoms in total. The fraction of sp³-hybridized carbons (Fsp3) is 0.114. The monoisotopic (exact) mass is 726 g/mol. The number of hydrogen-bond acceptors (Lipinski definition) is 1. The van der Waals surface area contributed by atoms with E-state index in [0.717, 1.165) is 27.8 Å². The fourth-order valence-electron chi connectivity index (χ4n) is 5.22. The minimum absolute atomic E-state index is 0. The molecular formula is C35H28BN4OPt+. The van der Waals surface area contributed by atoms with Crippen LogP contribution in [-0.2, 0) is 26.5 Å². The van der Waals surface area contributed by atoms with E-state index in [9.17, 15) is 0 Å². The number of fused-ring (bicyclic) bond motifs is 3. The maximum absolute atomic E-state index is 6.30. The van der Waals surface area contributed by atoms with Crippen molar-refractivity contribution in [1.29, 1.82) is 0 Å². The van der Waals surface area contributed by atoms with Gasteiger partial charge in [-0.3, -0.25) is 0 Å². The molecule has 0 saturated carbocycles. The molecule has 0 fully saturated rings. The minimum atomic E-state index is -0.259. The molecule has 0 spiro atoms. The Hall–Kier alpha value is -4.28. The third-order valence-electron chi connectivity index (χ3n) is 7.37. The van der Waals surface area contributed by atoms with Crippen molar-refractivity contribution >= 4 is 28.8 Å². The smallest absolute Gasteiger partial charge is 0.633 e. The van der Waals surface area contributed by atoms with Gasteiger partial charge in [-0.05, 0) is 29.1 Å². The number of allylic oxidation sites excluding steroid dienone is 2. The summed E-state index contributed by atoms with van der Waals surface area (Å²) in [6, 6.07) is 36.0. The maximum atomic E-state index is 6.30. The second-order valence-corrected chi connectivity index (χ2v) is 11.2. The summed E-state index contributed by atoms with van der Waals surface area (Å²) in [7, 11) is 0. The third kappa shape index (κ3) is 5.23. The molecule has 0 radical (unpaired) electrons. The molecule has 7 rings (SSSR count). The van der Waals surface area contributed by atoms with E-state index in [1.54, 1.807) is 0 Å². The van der Waals surface area contributed by atoms with Crippen LogP contribution in [0.4, 0.5) is 0 Å². The molecule has 0 amide bonds. The SMILES string of the molecule is CC(C)(C)c1cc[c-]c(-n2c3[c-]c(OC4=CC=CB(n5[c-][n+](-c6ccccc6)cc5)[N-]4)ccc3c3ccccc32)c1.[Pt+4]. The van der Waals surface area contributed by atoms with E-state index in [1.807, 2.05) is 82.0 Å². The van der Waals surface area contributed by atoms with Crippen molar-refractivity contribution in [2.24, 2.45) is 0 Å². The first-order chi connectivity index (χ1) is 19.9.